The summed E-state index contributed by atoms with van der Waals surface area (Å²) >= 11 is 0. The van der Waals surface area contributed by atoms with Crippen LogP contribution in [0.4, 0.5) is 0 Å². The summed E-state index contributed by atoms with van der Waals surface area (Å²) in [6.07, 6.45) is 9.35. The lowest BCUT2D eigenvalue weighted by Crippen LogP contribution is -2.37. The Kier molecular flexibility index (Phi) is 12.2. The number of guanidine groups is 1. The highest BCUT2D eigenvalue weighted by Crippen LogP contribution is 2.20. The Morgan fingerprint density at radius 1 is 1.09 bits per heavy atom. The summed E-state index contributed by atoms with van der Waals surface area (Å²) in [5, 5.41) is 9.48. The second kappa shape index (κ2) is 14.9. The van der Waals surface area contributed by atoms with E-state index in [1.165, 1.54) is 32.1 Å². The van der Waals surface area contributed by atoms with Crippen molar-refractivity contribution in [2.75, 3.05) is 20.2 Å². The molecule has 0 atom stereocenters. The third-order valence-electron chi connectivity index (χ3n) is 5.40. The van der Waals surface area contributed by atoms with Gasteiger partial charge < -0.3 is 25.1 Å². The number of furan rings is 1. The zero-order valence-corrected chi connectivity index (χ0v) is 21.1. The quantitative estimate of drug-likeness (QED) is 0.177. The highest BCUT2D eigenvalue weighted by atomic mass is 127. The van der Waals surface area contributed by atoms with E-state index in [0.717, 1.165) is 36.9 Å². The number of ether oxygens (including phenoxy) is 1. The Morgan fingerprint density at radius 2 is 1.94 bits per heavy atom. The zero-order chi connectivity index (χ0) is 21.7. The van der Waals surface area contributed by atoms with Gasteiger partial charge in [-0.3, -0.25) is 9.79 Å². The standard InChI is InChI=1S/C24H34N4O3.HI/c1-25-24(26-13-7-15-30-21-10-3-2-4-11-21)28-17-19-8-5-9-20(16-19)23(29)27-18-22-12-6-14-31-22;/h5-6,8-9,12,14,16,21H,2-4,7,10-11,13,15,17-18H2,1H3,(H,27,29)(H2,25,26,28);1H. The van der Waals surface area contributed by atoms with Gasteiger partial charge in [-0.15, -0.1) is 24.0 Å². The summed E-state index contributed by atoms with van der Waals surface area (Å²) in [5.74, 6) is 1.34. The van der Waals surface area contributed by atoms with Crippen molar-refractivity contribution >= 4 is 35.8 Å². The molecule has 0 spiro atoms. The topological polar surface area (TPSA) is 87.9 Å². The molecule has 1 heterocycles. The number of benzene rings is 1. The lowest BCUT2D eigenvalue weighted by molar-refractivity contribution is 0.0277. The molecule has 1 saturated carbocycles. The Labute approximate surface area is 207 Å². The summed E-state index contributed by atoms with van der Waals surface area (Å²) in [6.45, 7) is 2.54. The van der Waals surface area contributed by atoms with Gasteiger partial charge in [-0.1, -0.05) is 31.4 Å². The molecular formula is C24H35IN4O3. The van der Waals surface area contributed by atoms with Crippen molar-refractivity contribution in [1.82, 2.24) is 16.0 Å². The fraction of sp³-hybridized carbons (Fsp3) is 0.500. The molecule has 2 aromatic rings. The van der Waals surface area contributed by atoms with Crippen LogP contribution in [0.5, 0.6) is 0 Å². The van der Waals surface area contributed by atoms with Crippen LogP contribution in [0.1, 0.15) is 60.2 Å². The maximum Gasteiger partial charge on any atom is 0.251 e. The van der Waals surface area contributed by atoms with Gasteiger partial charge in [0.2, 0.25) is 0 Å². The van der Waals surface area contributed by atoms with Crippen molar-refractivity contribution in [1.29, 1.82) is 0 Å². The van der Waals surface area contributed by atoms with E-state index in [2.05, 4.69) is 20.9 Å². The van der Waals surface area contributed by atoms with Crippen LogP contribution < -0.4 is 16.0 Å². The smallest absolute Gasteiger partial charge is 0.251 e. The second-order valence-corrected chi connectivity index (χ2v) is 7.80. The van der Waals surface area contributed by atoms with Gasteiger partial charge in [0, 0.05) is 32.3 Å². The van der Waals surface area contributed by atoms with E-state index in [4.69, 9.17) is 9.15 Å². The summed E-state index contributed by atoms with van der Waals surface area (Å²) < 4.78 is 11.2. The molecular weight excluding hydrogens is 519 g/mol. The minimum atomic E-state index is -0.126. The minimum Gasteiger partial charge on any atom is -0.467 e. The second-order valence-electron chi connectivity index (χ2n) is 7.80. The molecule has 32 heavy (non-hydrogen) atoms. The molecule has 0 saturated heterocycles. The zero-order valence-electron chi connectivity index (χ0n) is 18.8. The molecule has 1 aromatic heterocycles. The van der Waals surface area contributed by atoms with Crippen molar-refractivity contribution in [2.24, 2.45) is 4.99 Å². The number of halogens is 1. The predicted octanol–water partition coefficient (Wildman–Crippen LogP) is 4.23. The molecule has 1 aliphatic rings. The number of amides is 1. The molecule has 1 aliphatic carbocycles. The molecule has 1 aromatic carbocycles. The Bertz CT molecular complexity index is 820. The van der Waals surface area contributed by atoms with Gasteiger partial charge in [-0.2, -0.15) is 0 Å². The first kappa shape index (κ1) is 26.2. The average Bonchev–Trinajstić information content (AvgIpc) is 3.34. The molecule has 0 aliphatic heterocycles. The van der Waals surface area contributed by atoms with Gasteiger partial charge >= 0.3 is 0 Å². The number of carbonyl (C=O) groups is 1. The Morgan fingerprint density at radius 3 is 2.69 bits per heavy atom. The largest absolute Gasteiger partial charge is 0.467 e. The summed E-state index contributed by atoms with van der Waals surface area (Å²) in [6, 6.07) is 11.2. The number of hydrogen-bond acceptors (Lipinski definition) is 4. The SMILES string of the molecule is CN=C(NCCCOC1CCCCC1)NCc1cccc(C(=O)NCc2ccco2)c1.I. The van der Waals surface area contributed by atoms with Gasteiger partial charge in [0.15, 0.2) is 5.96 Å². The number of carbonyl (C=O) groups excluding carboxylic acids is 1. The molecule has 7 nitrogen and oxygen atoms in total. The number of aliphatic imine (C=N–C) groups is 1. The molecule has 8 heteroatoms. The van der Waals surface area contributed by atoms with Crippen molar-refractivity contribution in [3.63, 3.8) is 0 Å². The van der Waals surface area contributed by atoms with Gasteiger partial charge in [0.1, 0.15) is 5.76 Å². The van der Waals surface area contributed by atoms with Crippen molar-refractivity contribution < 1.29 is 13.9 Å². The van der Waals surface area contributed by atoms with Gasteiger partial charge in [-0.25, -0.2) is 0 Å². The van der Waals surface area contributed by atoms with Crippen LogP contribution >= 0.6 is 24.0 Å². The third kappa shape index (κ3) is 9.20. The van der Waals surface area contributed by atoms with E-state index < -0.39 is 0 Å². The predicted molar refractivity (Wildman–Crippen MR) is 137 cm³/mol. The Hall–Kier alpha value is -2.07. The van der Waals surface area contributed by atoms with Crippen molar-refractivity contribution in [2.45, 2.75) is 57.7 Å². The van der Waals surface area contributed by atoms with Crippen molar-refractivity contribution in [3.05, 3.63) is 59.5 Å². The molecule has 0 bridgehead atoms. The van der Waals surface area contributed by atoms with E-state index in [1.54, 1.807) is 25.4 Å². The Balaban J connectivity index is 0.00000363. The van der Waals surface area contributed by atoms with Crippen LogP contribution in [0, 0.1) is 0 Å². The molecule has 1 amide bonds. The summed E-state index contributed by atoms with van der Waals surface area (Å²) in [5.41, 5.74) is 1.63. The number of rotatable bonds is 10. The van der Waals surface area contributed by atoms with E-state index in [-0.39, 0.29) is 29.9 Å². The van der Waals surface area contributed by atoms with Crippen LogP contribution in [-0.2, 0) is 17.8 Å². The summed E-state index contributed by atoms with van der Waals surface area (Å²) in [4.78, 5) is 16.7. The van der Waals surface area contributed by atoms with Crippen LogP contribution in [-0.4, -0.2) is 38.2 Å². The minimum absolute atomic E-state index is 0. The molecule has 0 radical (unpaired) electrons. The van der Waals surface area contributed by atoms with Gasteiger partial charge in [0.25, 0.3) is 5.91 Å². The maximum atomic E-state index is 12.4. The molecule has 3 N–H and O–H groups in total. The summed E-state index contributed by atoms with van der Waals surface area (Å²) in [7, 11) is 1.76. The van der Waals surface area contributed by atoms with E-state index in [0.29, 0.717) is 24.8 Å². The molecule has 0 unspecified atom stereocenters. The van der Waals surface area contributed by atoms with E-state index in [9.17, 15) is 4.79 Å². The first-order valence-corrected chi connectivity index (χ1v) is 11.2. The van der Waals surface area contributed by atoms with Crippen LogP contribution in [0.25, 0.3) is 0 Å². The normalized spacial score (nSPS) is 14.5. The van der Waals surface area contributed by atoms with E-state index in [1.807, 2.05) is 24.3 Å². The van der Waals surface area contributed by atoms with Crippen LogP contribution in [0.15, 0.2) is 52.1 Å². The fourth-order valence-electron chi connectivity index (χ4n) is 3.67. The number of nitrogens with zero attached hydrogens (tertiary/aromatic N) is 1. The maximum absolute atomic E-state index is 12.4. The number of hydrogen-bond donors (Lipinski definition) is 3. The third-order valence-corrected chi connectivity index (χ3v) is 5.40. The number of nitrogens with one attached hydrogen (secondary N) is 3. The average molecular weight is 554 g/mol. The highest BCUT2D eigenvalue weighted by molar-refractivity contribution is 14.0. The highest BCUT2D eigenvalue weighted by Gasteiger charge is 2.13. The van der Waals surface area contributed by atoms with Crippen molar-refractivity contribution in [3.8, 4) is 0 Å². The first-order valence-electron chi connectivity index (χ1n) is 11.2. The van der Waals surface area contributed by atoms with Gasteiger partial charge in [-0.05, 0) is 49.1 Å². The van der Waals surface area contributed by atoms with E-state index >= 15 is 0 Å². The monoisotopic (exact) mass is 554 g/mol. The van der Waals surface area contributed by atoms with Crippen LogP contribution in [0.2, 0.25) is 0 Å². The molecule has 176 valence electrons. The lowest BCUT2D eigenvalue weighted by Gasteiger charge is -2.22. The fourth-order valence-corrected chi connectivity index (χ4v) is 3.67. The van der Waals surface area contributed by atoms with Gasteiger partial charge in [0.05, 0.1) is 18.9 Å². The molecule has 3 rings (SSSR count). The molecule has 1 fully saturated rings. The lowest BCUT2D eigenvalue weighted by atomic mass is 9.98. The first-order chi connectivity index (χ1) is 15.2. The van der Waals surface area contributed by atoms with Crippen LogP contribution in [0.3, 0.4) is 0 Å².